The van der Waals surface area contributed by atoms with Gasteiger partial charge in [-0.1, -0.05) is 19.1 Å². The standard InChI is InChI=1S/C15H19N3O2/c1-4-12-9(2)17-18(10(12)3)8-11-6-5-7-13(16)14(11)15(19)20/h5-7H,4,8,16H2,1-3H3,(H,19,20). The number of carboxylic acids is 1. The fraction of sp³-hybridized carbons (Fsp3) is 0.333. The molecule has 0 aliphatic heterocycles. The molecular formula is C15H19N3O2. The van der Waals surface area contributed by atoms with E-state index in [1.807, 2.05) is 18.5 Å². The minimum atomic E-state index is -1.00. The second-order valence-corrected chi connectivity index (χ2v) is 4.85. The Morgan fingerprint density at radius 3 is 2.65 bits per heavy atom. The molecule has 106 valence electrons. The zero-order valence-corrected chi connectivity index (χ0v) is 12.0. The van der Waals surface area contributed by atoms with Crippen molar-refractivity contribution >= 4 is 11.7 Å². The number of nitrogens with two attached hydrogens (primary N) is 1. The smallest absolute Gasteiger partial charge is 0.338 e. The number of nitrogens with zero attached hydrogens (tertiary/aromatic N) is 2. The quantitative estimate of drug-likeness (QED) is 0.838. The maximum absolute atomic E-state index is 11.3. The summed E-state index contributed by atoms with van der Waals surface area (Å²) in [4.78, 5) is 11.3. The molecule has 0 unspecified atom stereocenters. The van der Waals surface area contributed by atoms with E-state index in [4.69, 9.17) is 5.73 Å². The Morgan fingerprint density at radius 2 is 2.10 bits per heavy atom. The molecule has 5 heteroatoms. The van der Waals surface area contributed by atoms with E-state index in [9.17, 15) is 9.90 Å². The van der Waals surface area contributed by atoms with Gasteiger partial charge in [-0.3, -0.25) is 4.68 Å². The molecule has 0 aliphatic rings. The van der Waals surface area contributed by atoms with Crippen LogP contribution in [0.25, 0.3) is 0 Å². The second-order valence-electron chi connectivity index (χ2n) is 4.85. The summed E-state index contributed by atoms with van der Waals surface area (Å²) in [6.45, 7) is 6.48. The largest absolute Gasteiger partial charge is 0.478 e. The van der Waals surface area contributed by atoms with E-state index in [0.29, 0.717) is 12.1 Å². The molecule has 2 rings (SSSR count). The Hall–Kier alpha value is -2.30. The van der Waals surface area contributed by atoms with E-state index < -0.39 is 5.97 Å². The van der Waals surface area contributed by atoms with Crippen molar-refractivity contribution in [1.29, 1.82) is 0 Å². The molecule has 1 aromatic carbocycles. The molecule has 1 heterocycles. The van der Waals surface area contributed by atoms with E-state index in [0.717, 1.165) is 17.8 Å². The Balaban J connectivity index is 2.46. The van der Waals surface area contributed by atoms with Gasteiger partial charge in [0.2, 0.25) is 0 Å². The van der Waals surface area contributed by atoms with Crippen molar-refractivity contribution in [2.75, 3.05) is 5.73 Å². The molecule has 0 bridgehead atoms. The van der Waals surface area contributed by atoms with Gasteiger partial charge in [-0.2, -0.15) is 5.10 Å². The summed E-state index contributed by atoms with van der Waals surface area (Å²) in [7, 11) is 0. The first-order valence-corrected chi connectivity index (χ1v) is 6.59. The summed E-state index contributed by atoms with van der Waals surface area (Å²) in [5.74, 6) is -1.00. The molecule has 0 saturated heterocycles. The third-order valence-corrected chi connectivity index (χ3v) is 3.60. The van der Waals surface area contributed by atoms with Crippen molar-refractivity contribution in [2.24, 2.45) is 0 Å². The van der Waals surface area contributed by atoms with Crippen LogP contribution in [0.1, 0.15) is 39.8 Å². The summed E-state index contributed by atoms with van der Waals surface area (Å²) >= 11 is 0. The highest BCUT2D eigenvalue weighted by Gasteiger charge is 2.16. The van der Waals surface area contributed by atoms with Crippen LogP contribution in [0.4, 0.5) is 5.69 Å². The zero-order valence-electron chi connectivity index (χ0n) is 12.0. The molecule has 3 N–H and O–H groups in total. The SMILES string of the molecule is CCc1c(C)nn(Cc2cccc(N)c2C(=O)O)c1C. The highest BCUT2D eigenvalue weighted by atomic mass is 16.4. The summed E-state index contributed by atoms with van der Waals surface area (Å²) < 4.78 is 1.84. The highest BCUT2D eigenvalue weighted by molar-refractivity contribution is 5.95. The van der Waals surface area contributed by atoms with Crippen LogP contribution in [-0.4, -0.2) is 20.9 Å². The maximum atomic E-state index is 11.3. The van der Waals surface area contributed by atoms with E-state index in [1.165, 1.54) is 5.56 Å². The normalized spacial score (nSPS) is 10.8. The lowest BCUT2D eigenvalue weighted by Crippen LogP contribution is -2.12. The first-order chi connectivity index (χ1) is 9.45. The third-order valence-electron chi connectivity index (χ3n) is 3.60. The van der Waals surface area contributed by atoms with Crippen LogP contribution in [0.15, 0.2) is 18.2 Å². The van der Waals surface area contributed by atoms with Crippen molar-refractivity contribution in [3.05, 3.63) is 46.3 Å². The molecule has 0 radical (unpaired) electrons. The minimum absolute atomic E-state index is 0.165. The van der Waals surface area contributed by atoms with Crippen molar-refractivity contribution in [2.45, 2.75) is 33.7 Å². The van der Waals surface area contributed by atoms with E-state index in [-0.39, 0.29) is 11.3 Å². The monoisotopic (exact) mass is 273 g/mol. The number of carbonyl (C=O) groups is 1. The first kappa shape index (κ1) is 14.1. The molecule has 0 saturated carbocycles. The van der Waals surface area contributed by atoms with Gasteiger partial charge in [0.05, 0.1) is 17.8 Å². The van der Waals surface area contributed by atoms with Gasteiger partial charge in [0.25, 0.3) is 0 Å². The summed E-state index contributed by atoms with van der Waals surface area (Å²) in [6, 6.07) is 5.15. The van der Waals surface area contributed by atoms with Gasteiger partial charge in [-0.05, 0) is 37.5 Å². The van der Waals surface area contributed by atoms with E-state index >= 15 is 0 Å². The van der Waals surface area contributed by atoms with Gasteiger partial charge in [0.1, 0.15) is 0 Å². The van der Waals surface area contributed by atoms with Crippen LogP contribution in [-0.2, 0) is 13.0 Å². The minimum Gasteiger partial charge on any atom is -0.478 e. The summed E-state index contributed by atoms with van der Waals surface area (Å²) in [6.07, 6.45) is 0.917. The average Bonchev–Trinajstić information content (AvgIpc) is 2.63. The number of hydrogen-bond donors (Lipinski definition) is 2. The molecule has 0 fully saturated rings. The predicted octanol–water partition coefficient (Wildman–Crippen LogP) is 2.39. The summed E-state index contributed by atoms with van der Waals surface area (Å²) in [5, 5.41) is 13.8. The lowest BCUT2D eigenvalue weighted by molar-refractivity contribution is 0.0696. The van der Waals surface area contributed by atoms with Crippen LogP contribution < -0.4 is 5.73 Å². The number of aromatic carboxylic acids is 1. The van der Waals surface area contributed by atoms with Gasteiger partial charge in [-0.25, -0.2) is 4.79 Å². The van der Waals surface area contributed by atoms with Gasteiger partial charge in [-0.15, -0.1) is 0 Å². The topological polar surface area (TPSA) is 81.1 Å². The van der Waals surface area contributed by atoms with E-state index in [2.05, 4.69) is 12.0 Å². The molecule has 1 aromatic heterocycles. The Kier molecular flexibility index (Phi) is 3.79. The average molecular weight is 273 g/mol. The number of benzene rings is 1. The number of anilines is 1. The van der Waals surface area contributed by atoms with Crippen molar-refractivity contribution in [1.82, 2.24) is 9.78 Å². The number of carboxylic acid groups (broad SMARTS) is 1. The number of aromatic nitrogens is 2. The second kappa shape index (κ2) is 5.36. The van der Waals surface area contributed by atoms with E-state index in [1.54, 1.807) is 18.2 Å². The van der Waals surface area contributed by atoms with Crippen LogP contribution in [0.5, 0.6) is 0 Å². The number of aryl methyl sites for hydroxylation is 1. The Labute approximate surface area is 118 Å². The fourth-order valence-corrected chi connectivity index (χ4v) is 2.57. The molecule has 0 spiro atoms. The maximum Gasteiger partial charge on any atom is 0.338 e. The first-order valence-electron chi connectivity index (χ1n) is 6.59. The molecule has 0 amide bonds. The van der Waals surface area contributed by atoms with Gasteiger partial charge >= 0.3 is 5.97 Å². The molecule has 20 heavy (non-hydrogen) atoms. The van der Waals surface area contributed by atoms with Crippen LogP contribution in [0.2, 0.25) is 0 Å². The van der Waals surface area contributed by atoms with Crippen LogP contribution >= 0.6 is 0 Å². The van der Waals surface area contributed by atoms with Gasteiger partial charge in [0.15, 0.2) is 0 Å². The molecule has 2 aromatic rings. The highest BCUT2D eigenvalue weighted by Crippen LogP contribution is 2.20. The van der Waals surface area contributed by atoms with Crippen LogP contribution in [0, 0.1) is 13.8 Å². The van der Waals surface area contributed by atoms with Crippen LogP contribution in [0.3, 0.4) is 0 Å². The number of rotatable bonds is 4. The fourth-order valence-electron chi connectivity index (χ4n) is 2.57. The van der Waals surface area contributed by atoms with Gasteiger partial charge in [0, 0.05) is 11.4 Å². The molecule has 0 atom stereocenters. The summed E-state index contributed by atoms with van der Waals surface area (Å²) in [5.41, 5.74) is 10.2. The molecular weight excluding hydrogens is 254 g/mol. The Bertz CT molecular complexity index is 659. The van der Waals surface area contributed by atoms with Crippen molar-refractivity contribution in [3.8, 4) is 0 Å². The number of nitrogen functional groups attached to an aromatic ring is 1. The number of hydrogen-bond acceptors (Lipinski definition) is 3. The third kappa shape index (κ3) is 2.39. The molecule has 5 nitrogen and oxygen atoms in total. The van der Waals surface area contributed by atoms with Crippen molar-refractivity contribution < 1.29 is 9.90 Å². The van der Waals surface area contributed by atoms with Crippen molar-refractivity contribution in [3.63, 3.8) is 0 Å². The predicted molar refractivity (Wildman–Crippen MR) is 78.0 cm³/mol. The van der Waals surface area contributed by atoms with Gasteiger partial charge < -0.3 is 10.8 Å². The lowest BCUT2D eigenvalue weighted by atomic mass is 10.1. The lowest BCUT2D eigenvalue weighted by Gasteiger charge is -2.10. The zero-order chi connectivity index (χ0) is 14.9. The Morgan fingerprint density at radius 1 is 1.40 bits per heavy atom. The molecule has 0 aliphatic carbocycles.